The highest BCUT2D eigenvalue weighted by Crippen LogP contribution is 2.27. The lowest BCUT2D eigenvalue weighted by molar-refractivity contribution is 0.0371. The Morgan fingerprint density at radius 2 is 1.88 bits per heavy atom. The first kappa shape index (κ1) is 23.9. The zero-order valence-electron chi connectivity index (χ0n) is 19.9. The van der Waals surface area contributed by atoms with Gasteiger partial charge in [-0.25, -0.2) is 20.0 Å². The maximum Gasteiger partial charge on any atom is 0.266 e. The molecule has 11 heteroatoms. The van der Waals surface area contributed by atoms with Crippen molar-refractivity contribution in [1.29, 1.82) is 0 Å². The number of nitrogens with zero attached hydrogens (tertiary/aromatic N) is 8. The molecule has 0 radical (unpaired) electrons. The van der Waals surface area contributed by atoms with Crippen LogP contribution in [0.1, 0.15) is 20.3 Å². The van der Waals surface area contributed by atoms with Crippen LogP contribution in [0.15, 0.2) is 42.7 Å². The number of nitrogen functional groups attached to an aromatic ring is 1. The average Bonchev–Trinajstić information content (AvgIpc) is 3.24. The lowest BCUT2D eigenvalue weighted by atomic mass is 10.0. The number of hydrogen-bond donors (Lipinski definition) is 2. The Morgan fingerprint density at radius 1 is 1.15 bits per heavy atom. The predicted octanol–water partition coefficient (Wildman–Crippen LogP) is 1.87. The fraction of sp³-hybridized carbons (Fsp3) is 0.478. The Kier molecular flexibility index (Phi) is 7.56. The van der Waals surface area contributed by atoms with Gasteiger partial charge in [0.25, 0.3) is 5.95 Å². The molecule has 3 N–H and O–H groups in total. The van der Waals surface area contributed by atoms with Gasteiger partial charge < -0.3 is 20.5 Å². The monoisotopic (exact) mass is 467 g/mol. The molecule has 0 spiro atoms. The van der Waals surface area contributed by atoms with Crippen LogP contribution in [-0.4, -0.2) is 80.8 Å². The first-order valence-electron chi connectivity index (χ1n) is 11.5. The molecule has 0 saturated carbocycles. The van der Waals surface area contributed by atoms with E-state index in [4.69, 9.17) is 15.6 Å². The molecule has 1 fully saturated rings. The molecule has 0 bridgehead atoms. The van der Waals surface area contributed by atoms with Gasteiger partial charge in [-0.05, 0) is 24.5 Å². The summed E-state index contributed by atoms with van der Waals surface area (Å²) < 4.78 is 7.04. The maximum atomic E-state index is 9.88. The molecule has 0 aliphatic carbocycles. The van der Waals surface area contributed by atoms with E-state index in [9.17, 15) is 5.11 Å². The van der Waals surface area contributed by atoms with Crippen LogP contribution in [-0.2, 0) is 4.74 Å². The van der Waals surface area contributed by atoms with E-state index in [2.05, 4.69) is 33.8 Å². The van der Waals surface area contributed by atoms with Gasteiger partial charge in [-0.2, -0.15) is 9.67 Å². The zero-order valence-corrected chi connectivity index (χ0v) is 19.9. The molecule has 4 rings (SSSR count). The molecule has 1 unspecified atom stereocenters. The smallest absolute Gasteiger partial charge is 0.266 e. The highest BCUT2D eigenvalue weighted by Gasteiger charge is 2.26. The number of benzene rings is 1. The minimum absolute atomic E-state index is 0.0369. The predicted molar refractivity (Wildman–Crippen MR) is 131 cm³/mol. The van der Waals surface area contributed by atoms with Crippen molar-refractivity contribution in [3.8, 4) is 5.82 Å². The fourth-order valence-corrected chi connectivity index (χ4v) is 4.03. The number of anilines is 4. The number of aliphatic hydroxyl groups is 1. The summed E-state index contributed by atoms with van der Waals surface area (Å²) in [5, 5.41) is 18.7. The molecule has 182 valence electrons. The number of likely N-dealkylation sites (N-methyl/N-ethyl adjacent to an activating group) is 1. The average molecular weight is 468 g/mol. The van der Waals surface area contributed by atoms with Gasteiger partial charge in [-0.1, -0.05) is 32.0 Å². The van der Waals surface area contributed by atoms with E-state index in [1.54, 1.807) is 6.07 Å². The van der Waals surface area contributed by atoms with Crippen molar-refractivity contribution in [2.24, 2.45) is 5.92 Å². The number of morpholine rings is 1. The van der Waals surface area contributed by atoms with Gasteiger partial charge >= 0.3 is 0 Å². The van der Waals surface area contributed by atoms with E-state index in [0.717, 1.165) is 12.1 Å². The minimum atomic E-state index is -0.0544. The Labute approximate surface area is 199 Å². The summed E-state index contributed by atoms with van der Waals surface area (Å²) in [6, 6.07) is 11.7. The molecule has 34 heavy (non-hydrogen) atoms. The molecule has 1 atom stereocenters. The largest absolute Gasteiger partial charge is 0.394 e. The quantitative estimate of drug-likeness (QED) is 0.482. The van der Waals surface area contributed by atoms with Crippen molar-refractivity contribution in [2.45, 2.75) is 26.3 Å². The fourth-order valence-electron chi connectivity index (χ4n) is 4.03. The van der Waals surface area contributed by atoms with Crippen LogP contribution in [0.5, 0.6) is 0 Å². The summed E-state index contributed by atoms with van der Waals surface area (Å²) in [7, 11) is 1.92. The number of aromatic nitrogens is 5. The normalized spacial score (nSPS) is 15.4. The van der Waals surface area contributed by atoms with Gasteiger partial charge in [0.2, 0.25) is 5.95 Å². The topological polar surface area (TPSA) is 122 Å². The van der Waals surface area contributed by atoms with Crippen LogP contribution < -0.4 is 15.6 Å². The third-order valence-corrected chi connectivity index (χ3v) is 5.80. The zero-order chi connectivity index (χ0) is 24.1. The highest BCUT2D eigenvalue weighted by atomic mass is 16.5. The number of hydrogen-bond acceptors (Lipinski definition) is 10. The molecule has 1 aliphatic heterocycles. The number of para-hydroxylation sites is 1. The van der Waals surface area contributed by atoms with Gasteiger partial charge in [-0.15, -0.1) is 5.10 Å². The van der Waals surface area contributed by atoms with Gasteiger partial charge in [-0.3, -0.25) is 0 Å². The lowest BCUT2D eigenvalue weighted by Crippen LogP contribution is -2.47. The van der Waals surface area contributed by atoms with Crippen LogP contribution in [0, 0.1) is 5.92 Å². The standard InChI is InChI=1S/C23H33N9O2/c1-17(2)13-19(15-33)29(3)20-14-21(26-16-25-20)31-22(24)27-23(28-31)32(18-7-5-4-6-8-18)30-9-11-34-12-10-30/h4-8,14,16-17,19,33H,9-13,15H2,1-3H3,(H2,24,27,28). The van der Waals surface area contributed by atoms with Gasteiger partial charge in [0.15, 0.2) is 5.82 Å². The first-order valence-corrected chi connectivity index (χ1v) is 11.5. The van der Waals surface area contributed by atoms with Crippen LogP contribution in [0.4, 0.5) is 23.4 Å². The van der Waals surface area contributed by atoms with Crippen LogP contribution >= 0.6 is 0 Å². The van der Waals surface area contributed by atoms with Crippen molar-refractivity contribution in [1.82, 2.24) is 29.7 Å². The van der Waals surface area contributed by atoms with Crippen LogP contribution in [0.2, 0.25) is 0 Å². The summed E-state index contributed by atoms with van der Waals surface area (Å²) in [5.74, 6) is 2.29. The van der Waals surface area contributed by atoms with Crippen molar-refractivity contribution in [3.63, 3.8) is 0 Å². The Morgan fingerprint density at radius 3 is 2.56 bits per heavy atom. The van der Waals surface area contributed by atoms with Crippen molar-refractivity contribution in [3.05, 3.63) is 42.7 Å². The SMILES string of the molecule is CC(C)CC(CO)N(C)c1cc(-n2nc(N(c3ccccc3)N3CCOCC3)nc2N)ncn1. The van der Waals surface area contributed by atoms with E-state index >= 15 is 0 Å². The van der Waals surface area contributed by atoms with Crippen LogP contribution in [0.25, 0.3) is 5.82 Å². The van der Waals surface area contributed by atoms with E-state index in [1.165, 1.54) is 11.0 Å². The Balaban J connectivity index is 1.66. The van der Waals surface area contributed by atoms with Crippen molar-refractivity contribution in [2.75, 3.05) is 55.6 Å². The molecular formula is C23H33N9O2. The molecule has 3 aromatic rings. The second-order valence-electron chi connectivity index (χ2n) is 8.71. The maximum absolute atomic E-state index is 9.88. The number of nitrogens with two attached hydrogens (primary N) is 1. The van der Waals surface area contributed by atoms with Gasteiger partial charge in [0.05, 0.1) is 31.5 Å². The molecule has 3 heterocycles. The number of hydrazine groups is 1. The molecule has 1 aliphatic rings. The van der Waals surface area contributed by atoms with Gasteiger partial charge in [0.1, 0.15) is 12.1 Å². The summed E-state index contributed by atoms with van der Waals surface area (Å²) in [6.45, 7) is 6.98. The highest BCUT2D eigenvalue weighted by molar-refractivity contribution is 5.57. The molecular weight excluding hydrogens is 434 g/mol. The van der Waals surface area contributed by atoms with Crippen molar-refractivity contribution < 1.29 is 9.84 Å². The third kappa shape index (κ3) is 5.27. The van der Waals surface area contributed by atoms with E-state index in [-0.39, 0.29) is 18.6 Å². The Bertz CT molecular complexity index is 1050. The summed E-state index contributed by atoms with van der Waals surface area (Å²) in [6.07, 6.45) is 2.32. The van der Waals surface area contributed by atoms with Gasteiger partial charge in [0, 0.05) is 26.2 Å². The second-order valence-corrected chi connectivity index (χ2v) is 8.71. The van der Waals surface area contributed by atoms with E-state index in [0.29, 0.717) is 49.8 Å². The number of rotatable bonds is 9. The lowest BCUT2D eigenvalue weighted by Gasteiger charge is -2.36. The number of aliphatic hydroxyl groups excluding tert-OH is 1. The van der Waals surface area contributed by atoms with E-state index < -0.39 is 0 Å². The molecule has 2 aromatic heterocycles. The summed E-state index contributed by atoms with van der Waals surface area (Å²) in [5.41, 5.74) is 7.24. The van der Waals surface area contributed by atoms with Crippen molar-refractivity contribution >= 4 is 23.4 Å². The summed E-state index contributed by atoms with van der Waals surface area (Å²) >= 11 is 0. The van der Waals surface area contributed by atoms with E-state index in [1.807, 2.05) is 47.3 Å². The molecule has 11 nitrogen and oxygen atoms in total. The number of ether oxygens (including phenoxy) is 1. The summed E-state index contributed by atoms with van der Waals surface area (Å²) in [4.78, 5) is 15.3. The molecule has 1 aromatic carbocycles. The minimum Gasteiger partial charge on any atom is -0.394 e. The van der Waals surface area contributed by atoms with Crippen LogP contribution in [0.3, 0.4) is 0 Å². The molecule has 1 saturated heterocycles. The second kappa shape index (κ2) is 10.8. The Hall–Kier alpha value is -3.28. The third-order valence-electron chi connectivity index (χ3n) is 5.80. The molecule has 0 amide bonds. The first-order chi connectivity index (χ1) is 16.5.